The highest BCUT2D eigenvalue weighted by Crippen LogP contribution is 2.42. The third kappa shape index (κ3) is 10.5. The van der Waals surface area contributed by atoms with Gasteiger partial charge in [-0.15, -0.1) is 0 Å². The number of hydrogen-bond acceptors (Lipinski definition) is 8. The van der Waals surface area contributed by atoms with Crippen molar-refractivity contribution < 1.29 is 41.8 Å². The molecule has 326 valence electrons. The summed E-state index contributed by atoms with van der Waals surface area (Å²) in [6.45, 7) is 2.54. The average molecular weight is 848 g/mol. The molecule has 2 saturated carbocycles. The number of hydrogen-bond donors (Lipinski definition) is 5. The van der Waals surface area contributed by atoms with Gasteiger partial charge < -0.3 is 26.4 Å². The van der Waals surface area contributed by atoms with Crippen LogP contribution in [0.2, 0.25) is 0 Å². The van der Waals surface area contributed by atoms with Gasteiger partial charge in [0.2, 0.25) is 11.7 Å². The van der Waals surface area contributed by atoms with Gasteiger partial charge >= 0.3 is 17.8 Å². The van der Waals surface area contributed by atoms with Crippen LogP contribution < -0.4 is 16.4 Å². The molecule has 1 atom stereocenters. The van der Waals surface area contributed by atoms with Crippen molar-refractivity contribution in [3.8, 4) is 22.5 Å². The lowest BCUT2D eigenvalue weighted by atomic mass is 9.77. The van der Waals surface area contributed by atoms with Gasteiger partial charge in [0.25, 0.3) is 5.91 Å². The van der Waals surface area contributed by atoms with Crippen molar-refractivity contribution in [2.75, 3.05) is 26.0 Å². The molecule has 16 heteroatoms. The number of nitrogens with zero attached hydrogens (tertiary/aromatic N) is 3. The molecule has 0 radical (unpaired) electrons. The number of aromatic nitrogens is 3. The second-order valence-corrected chi connectivity index (χ2v) is 16.7. The van der Waals surface area contributed by atoms with Crippen LogP contribution in [-0.4, -0.2) is 87.4 Å². The summed E-state index contributed by atoms with van der Waals surface area (Å²) in [7, 11) is 4.18. The third-order valence-electron chi connectivity index (χ3n) is 12.3. The summed E-state index contributed by atoms with van der Waals surface area (Å²) >= 11 is 0. The maximum absolute atomic E-state index is 14.3. The molecule has 1 aromatic heterocycles. The van der Waals surface area contributed by atoms with E-state index in [0.717, 1.165) is 60.8 Å². The van der Waals surface area contributed by atoms with Crippen molar-refractivity contribution in [3.63, 3.8) is 0 Å². The van der Waals surface area contributed by atoms with E-state index in [1.165, 1.54) is 24.3 Å². The van der Waals surface area contributed by atoms with E-state index in [2.05, 4.69) is 39.7 Å². The van der Waals surface area contributed by atoms with Crippen LogP contribution in [0.3, 0.4) is 0 Å². The number of rotatable bonds is 16. The highest BCUT2D eigenvalue weighted by atomic mass is 19.3. The molecule has 0 aliphatic heterocycles. The standard InChI is InChI=1S/C45H53F4N7O5/c1-26-22-32(40(58)51-35-17-19-36(20-18-35)56(2)3)14-21-37(26)29-8-4-27(5-9-29)23-33(24-38(57)30-10-6-28(25-50)7-11-30)41(59)52-34-15-12-31(13-16-34)39-53-42(55-54-39)44(46,47)45(48,49)43(60)61/h4-5,8-9,12-16,21-22,28,30,33,35-36H,6-7,10-11,17-20,23-25,50H2,1-3H3,(H,51,58)(H,52,59)(H,60,61)(H,53,54,55). The summed E-state index contributed by atoms with van der Waals surface area (Å²) in [5.74, 6) is -16.6. The molecule has 6 rings (SSSR count). The lowest BCUT2D eigenvalue weighted by Crippen LogP contribution is -2.45. The summed E-state index contributed by atoms with van der Waals surface area (Å²) < 4.78 is 56.0. The molecule has 61 heavy (non-hydrogen) atoms. The second-order valence-electron chi connectivity index (χ2n) is 16.7. The Balaban J connectivity index is 1.13. The number of carbonyl (C=O) groups excluding carboxylic acids is 3. The molecular formula is C45H53F4N7O5. The number of H-pyrrole nitrogens is 1. The number of amides is 2. The molecule has 2 amide bonds. The molecule has 0 bridgehead atoms. The van der Waals surface area contributed by atoms with Crippen molar-refractivity contribution in [1.82, 2.24) is 25.4 Å². The summed E-state index contributed by atoms with van der Waals surface area (Å²) in [5.41, 5.74) is 10.6. The van der Waals surface area contributed by atoms with E-state index < -0.39 is 41.3 Å². The van der Waals surface area contributed by atoms with E-state index in [9.17, 15) is 36.7 Å². The molecule has 0 spiro atoms. The molecule has 2 aliphatic carbocycles. The zero-order chi connectivity index (χ0) is 44.1. The van der Waals surface area contributed by atoms with Crippen LogP contribution in [0.15, 0.2) is 66.7 Å². The Morgan fingerprint density at radius 1 is 0.885 bits per heavy atom. The van der Waals surface area contributed by atoms with Gasteiger partial charge in [-0.2, -0.15) is 22.7 Å². The lowest BCUT2D eigenvalue weighted by molar-refractivity contribution is -0.231. The van der Waals surface area contributed by atoms with Crippen LogP contribution in [0, 0.1) is 24.7 Å². The fourth-order valence-corrected chi connectivity index (χ4v) is 8.39. The summed E-state index contributed by atoms with van der Waals surface area (Å²) in [5, 5.41) is 19.9. The molecule has 2 aliphatic rings. The Morgan fingerprint density at radius 2 is 1.52 bits per heavy atom. The van der Waals surface area contributed by atoms with Gasteiger partial charge in [0.15, 0.2) is 5.82 Å². The minimum atomic E-state index is -5.43. The zero-order valence-electron chi connectivity index (χ0n) is 34.5. The fourth-order valence-electron chi connectivity index (χ4n) is 8.39. The first kappa shape index (κ1) is 45.1. The number of benzene rings is 3. The van der Waals surface area contributed by atoms with Gasteiger partial charge in [-0.1, -0.05) is 30.3 Å². The SMILES string of the molecule is Cc1cc(C(=O)NC2CCC(N(C)C)CC2)ccc1-c1ccc(CC(CC(=O)C2CCC(CN)CC2)C(=O)Nc2ccc(-c3n[nH]c(C(F)(F)C(F)(F)C(=O)O)n3)cc2)cc1. The fraction of sp³-hybridized carbons (Fsp3) is 0.467. The second kappa shape index (κ2) is 19.1. The first-order valence-corrected chi connectivity index (χ1v) is 20.7. The third-order valence-corrected chi connectivity index (χ3v) is 12.3. The van der Waals surface area contributed by atoms with Crippen LogP contribution in [0.1, 0.15) is 85.1 Å². The zero-order valence-corrected chi connectivity index (χ0v) is 34.5. The predicted molar refractivity (Wildman–Crippen MR) is 222 cm³/mol. The molecule has 0 saturated heterocycles. The molecule has 1 heterocycles. The quantitative estimate of drug-likeness (QED) is 0.0719. The number of nitrogens with two attached hydrogens (primary N) is 1. The smallest absolute Gasteiger partial charge is 0.411 e. The number of nitrogens with one attached hydrogen (secondary N) is 3. The van der Waals surface area contributed by atoms with Crippen LogP contribution in [0.25, 0.3) is 22.5 Å². The first-order valence-electron chi connectivity index (χ1n) is 20.7. The highest BCUT2D eigenvalue weighted by Gasteiger charge is 2.65. The van der Waals surface area contributed by atoms with Gasteiger partial charge in [0.05, 0.1) is 0 Å². The van der Waals surface area contributed by atoms with Crippen molar-refractivity contribution in [3.05, 3.63) is 89.2 Å². The molecule has 4 aromatic rings. The van der Waals surface area contributed by atoms with Crippen molar-refractivity contribution in [1.29, 1.82) is 0 Å². The van der Waals surface area contributed by atoms with E-state index in [1.807, 2.05) is 49.4 Å². The minimum Gasteiger partial charge on any atom is -0.477 e. The highest BCUT2D eigenvalue weighted by molar-refractivity contribution is 5.96. The topological polar surface area (TPSA) is 183 Å². The van der Waals surface area contributed by atoms with Crippen molar-refractivity contribution in [2.45, 2.75) is 95.1 Å². The van der Waals surface area contributed by atoms with Crippen molar-refractivity contribution in [2.24, 2.45) is 23.5 Å². The summed E-state index contributed by atoms with van der Waals surface area (Å²) in [6.07, 6.45) is 7.41. The molecular weight excluding hydrogens is 795 g/mol. The first-order chi connectivity index (χ1) is 29.0. The van der Waals surface area contributed by atoms with Gasteiger partial charge in [0.1, 0.15) is 5.78 Å². The van der Waals surface area contributed by atoms with E-state index in [-0.39, 0.29) is 42.1 Å². The van der Waals surface area contributed by atoms with Crippen LogP contribution >= 0.6 is 0 Å². The number of anilines is 1. The van der Waals surface area contributed by atoms with Gasteiger partial charge in [0, 0.05) is 47.2 Å². The van der Waals surface area contributed by atoms with E-state index in [1.54, 1.807) is 5.10 Å². The lowest BCUT2D eigenvalue weighted by Gasteiger charge is -2.33. The van der Waals surface area contributed by atoms with Crippen LogP contribution in [0.4, 0.5) is 23.2 Å². The number of carboxylic acids is 1. The van der Waals surface area contributed by atoms with Crippen molar-refractivity contribution >= 4 is 29.3 Å². The maximum Gasteiger partial charge on any atom is 0.411 e. The van der Waals surface area contributed by atoms with Crippen LogP contribution in [0.5, 0.6) is 0 Å². The number of carbonyl (C=O) groups is 4. The van der Waals surface area contributed by atoms with E-state index in [0.29, 0.717) is 42.6 Å². The normalized spacial score (nSPS) is 20.2. The maximum atomic E-state index is 14.3. The average Bonchev–Trinajstić information content (AvgIpc) is 3.75. The Hall–Kier alpha value is -5.48. The number of Topliss-reactive ketones (excluding diaryl/α,β-unsaturated/α-hetero) is 1. The number of alkyl halides is 4. The Kier molecular flexibility index (Phi) is 14.1. The number of ketones is 1. The largest absolute Gasteiger partial charge is 0.477 e. The predicted octanol–water partition coefficient (Wildman–Crippen LogP) is 7.38. The van der Waals surface area contributed by atoms with Gasteiger partial charge in [-0.3, -0.25) is 19.5 Å². The summed E-state index contributed by atoms with van der Waals surface area (Å²) in [6, 6.07) is 19.8. The van der Waals surface area contributed by atoms with E-state index in [4.69, 9.17) is 10.8 Å². The Labute approximate surface area is 352 Å². The van der Waals surface area contributed by atoms with E-state index >= 15 is 0 Å². The molecule has 3 aromatic carbocycles. The number of halogens is 4. The summed E-state index contributed by atoms with van der Waals surface area (Å²) in [4.78, 5) is 57.1. The Bertz CT molecular complexity index is 2180. The molecule has 6 N–H and O–H groups in total. The monoisotopic (exact) mass is 847 g/mol. The molecule has 12 nitrogen and oxygen atoms in total. The van der Waals surface area contributed by atoms with Gasteiger partial charge in [-0.25, -0.2) is 9.78 Å². The Morgan fingerprint density at radius 3 is 2.11 bits per heavy atom. The van der Waals surface area contributed by atoms with Gasteiger partial charge in [-0.05, 0) is 150 Å². The number of aryl methyl sites for hydroxylation is 1. The number of aromatic amines is 1. The molecule has 1 unspecified atom stereocenters. The molecule has 2 fully saturated rings. The minimum absolute atomic E-state index is 0.00859. The number of carboxylic acid groups (broad SMARTS) is 1. The number of aliphatic carboxylic acids is 1. The van der Waals surface area contributed by atoms with Crippen LogP contribution in [-0.2, 0) is 26.7 Å².